The quantitative estimate of drug-likeness (QED) is 0.758. The van der Waals surface area contributed by atoms with E-state index in [1.807, 2.05) is 44.2 Å². The number of carbonyl (C=O) groups excluding carboxylic acids is 2. The van der Waals surface area contributed by atoms with Crippen molar-refractivity contribution in [1.29, 1.82) is 0 Å². The van der Waals surface area contributed by atoms with E-state index < -0.39 is 0 Å². The fourth-order valence-corrected chi connectivity index (χ4v) is 2.29. The van der Waals surface area contributed by atoms with Gasteiger partial charge in [0, 0.05) is 12.1 Å². The molecule has 0 heterocycles. The summed E-state index contributed by atoms with van der Waals surface area (Å²) in [7, 11) is 0. The molecule has 0 aliphatic heterocycles. The lowest BCUT2D eigenvalue weighted by Crippen LogP contribution is -2.36. The first-order valence-electron chi connectivity index (χ1n) is 7.81. The molecule has 5 nitrogen and oxygen atoms in total. The first kappa shape index (κ1) is 17.7. The third-order valence-corrected chi connectivity index (χ3v) is 3.94. The first-order valence-corrected chi connectivity index (χ1v) is 7.81. The van der Waals surface area contributed by atoms with E-state index in [4.69, 9.17) is 0 Å². The Morgan fingerprint density at radius 2 is 1.67 bits per heavy atom. The number of aryl methyl sites for hydroxylation is 2. The number of amides is 2. The second-order valence-electron chi connectivity index (χ2n) is 5.69. The van der Waals surface area contributed by atoms with Crippen LogP contribution in [0.5, 0.6) is 0 Å². The summed E-state index contributed by atoms with van der Waals surface area (Å²) >= 11 is 0. The fraction of sp³-hybridized carbons (Fsp3) is 0.263. The van der Waals surface area contributed by atoms with Gasteiger partial charge in [0.15, 0.2) is 0 Å². The lowest BCUT2D eigenvalue weighted by Gasteiger charge is -2.10. The molecule has 0 aliphatic rings. The normalized spacial score (nSPS) is 10.3. The Kier molecular flexibility index (Phi) is 6.09. The van der Waals surface area contributed by atoms with Crippen LogP contribution in [0.4, 0.5) is 0 Å². The van der Waals surface area contributed by atoms with E-state index in [9.17, 15) is 14.7 Å². The zero-order valence-corrected chi connectivity index (χ0v) is 13.9. The molecule has 2 aromatic rings. The fourth-order valence-electron chi connectivity index (χ4n) is 2.29. The lowest BCUT2D eigenvalue weighted by atomic mass is 10.1. The van der Waals surface area contributed by atoms with Crippen LogP contribution < -0.4 is 10.6 Å². The third kappa shape index (κ3) is 4.67. The van der Waals surface area contributed by atoms with Gasteiger partial charge in [0.05, 0.1) is 13.2 Å². The van der Waals surface area contributed by atoms with Gasteiger partial charge in [0.1, 0.15) is 0 Å². The molecular weight excluding hydrogens is 304 g/mol. The van der Waals surface area contributed by atoms with Crippen LogP contribution in [0, 0.1) is 13.8 Å². The topological polar surface area (TPSA) is 78.4 Å². The molecule has 2 rings (SSSR count). The Hall–Kier alpha value is -2.66. The maximum absolute atomic E-state index is 12.1. The molecule has 0 unspecified atom stereocenters. The second kappa shape index (κ2) is 8.26. The van der Waals surface area contributed by atoms with Crippen LogP contribution in [0.1, 0.15) is 32.6 Å². The maximum atomic E-state index is 12.1. The minimum Gasteiger partial charge on any atom is -0.392 e. The number of hydrogen-bond donors (Lipinski definition) is 3. The molecule has 2 amide bonds. The summed E-state index contributed by atoms with van der Waals surface area (Å²) in [6.07, 6.45) is 0. The molecule has 0 aliphatic carbocycles. The molecule has 0 saturated heterocycles. The molecule has 0 bridgehead atoms. The van der Waals surface area contributed by atoms with Crippen LogP contribution in [0.15, 0.2) is 42.5 Å². The average Bonchev–Trinajstić information content (AvgIpc) is 2.60. The van der Waals surface area contributed by atoms with Crippen LogP contribution in [0.2, 0.25) is 0 Å². The molecule has 0 spiro atoms. The SMILES string of the molecule is Cc1ccc(C(=O)NCC(=O)NCc2ccccc2CO)cc1C. The van der Waals surface area contributed by atoms with Crippen molar-refractivity contribution in [3.05, 3.63) is 70.3 Å². The highest BCUT2D eigenvalue weighted by Gasteiger charge is 2.09. The van der Waals surface area contributed by atoms with Crippen molar-refractivity contribution in [2.24, 2.45) is 0 Å². The predicted molar refractivity (Wildman–Crippen MR) is 92.5 cm³/mol. The number of aliphatic hydroxyl groups excluding tert-OH is 1. The molecule has 0 saturated carbocycles. The van der Waals surface area contributed by atoms with Crippen molar-refractivity contribution in [2.45, 2.75) is 27.0 Å². The number of rotatable bonds is 6. The molecule has 0 fully saturated rings. The molecule has 0 radical (unpaired) electrons. The Labute approximate surface area is 141 Å². The smallest absolute Gasteiger partial charge is 0.251 e. The molecular formula is C19H22N2O3. The van der Waals surface area contributed by atoms with Crippen molar-refractivity contribution < 1.29 is 14.7 Å². The minimum atomic E-state index is -0.278. The van der Waals surface area contributed by atoms with E-state index in [1.165, 1.54) is 0 Å². The van der Waals surface area contributed by atoms with Gasteiger partial charge in [-0.05, 0) is 48.2 Å². The summed E-state index contributed by atoms with van der Waals surface area (Å²) < 4.78 is 0. The monoisotopic (exact) mass is 326 g/mol. The molecule has 0 aromatic heterocycles. The predicted octanol–water partition coefficient (Wildman–Crippen LogP) is 1.84. The molecule has 126 valence electrons. The van der Waals surface area contributed by atoms with Gasteiger partial charge in [0.2, 0.25) is 5.91 Å². The second-order valence-corrected chi connectivity index (χ2v) is 5.69. The standard InChI is InChI=1S/C19H22N2O3/c1-13-7-8-15(9-14(13)2)19(24)21-11-18(23)20-10-16-5-3-4-6-17(16)12-22/h3-9,22H,10-12H2,1-2H3,(H,20,23)(H,21,24). The van der Waals surface area contributed by atoms with Gasteiger partial charge in [-0.3, -0.25) is 9.59 Å². The van der Waals surface area contributed by atoms with Crippen molar-refractivity contribution in [2.75, 3.05) is 6.54 Å². The van der Waals surface area contributed by atoms with Gasteiger partial charge in [-0.1, -0.05) is 30.3 Å². The van der Waals surface area contributed by atoms with Gasteiger partial charge in [-0.2, -0.15) is 0 Å². The van der Waals surface area contributed by atoms with Crippen LogP contribution >= 0.6 is 0 Å². The van der Waals surface area contributed by atoms with E-state index in [0.717, 1.165) is 22.3 Å². The van der Waals surface area contributed by atoms with E-state index in [1.54, 1.807) is 12.1 Å². The zero-order chi connectivity index (χ0) is 17.5. The molecule has 3 N–H and O–H groups in total. The average molecular weight is 326 g/mol. The van der Waals surface area contributed by atoms with Crippen LogP contribution in [0.25, 0.3) is 0 Å². The van der Waals surface area contributed by atoms with Gasteiger partial charge in [-0.15, -0.1) is 0 Å². The maximum Gasteiger partial charge on any atom is 0.251 e. The van der Waals surface area contributed by atoms with Crippen molar-refractivity contribution in [3.8, 4) is 0 Å². The van der Waals surface area contributed by atoms with Crippen LogP contribution in [-0.4, -0.2) is 23.5 Å². The van der Waals surface area contributed by atoms with E-state index in [-0.39, 0.29) is 25.0 Å². The van der Waals surface area contributed by atoms with E-state index in [2.05, 4.69) is 10.6 Å². The van der Waals surface area contributed by atoms with Gasteiger partial charge >= 0.3 is 0 Å². The third-order valence-electron chi connectivity index (χ3n) is 3.94. The highest BCUT2D eigenvalue weighted by atomic mass is 16.3. The molecule has 2 aromatic carbocycles. The van der Waals surface area contributed by atoms with Gasteiger partial charge < -0.3 is 15.7 Å². The van der Waals surface area contributed by atoms with E-state index >= 15 is 0 Å². The Morgan fingerprint density at radius 1 is 0.958 bits per heavy atom. The number of hydrogen-bond acceptors (Lipinski definition) is 3. The van der Waals surface area contributed by atoms with Crippen LogP contribution in [-0.2, 0) is 17.9 Å². The molecule has 5 heteroatoms. The summed E-state index contributed by atoms with van der Waals surface area (Å²) in [6, 6.07) is 12.8. The number of benzene rings is 2. The Morgan fingerprint density at radius 3 is 2.33 bits per heavy atom. The summed E-state index contributed by atoms with van der Waals surface area (Å²) in [6.45, 7) is 4.07. The molecule has 0 atom stereocenters. The number of aliphatic hydroxyl groups is 1. The highest BCUT2D eigenvalue weighted by Crippen LogP contribution is 2.10. The van der Waals surface area contributed by atoms with E-state index in [0.29, 0.717) is 12.1 Å². The molecule has 24 heavy (non-hydrogen) atoms. The summed E-state index contributed by atoms with van der Waals surface area (Å²) in [5.41, 5.74) is 4.32. The minimum absolute atomic E-state index is 0.0739. The van der Waals surface area contributed by atoms with Gasteiger partial charge in [-0.25, -0.2) is 0 Å². The first-order chi connectivity index (χ1) is 11.5. The summed E-state index contributed by atoms with van der Waals surface area (Å²) in [4.78, 5) is 23.9. The largest absolute Gasteiger partial charge is 0.392 e. The highest BCUT2D eigenvalue weighted by molar-refractivity contribution is 5.96. The van der Waals surface area contributed by atoms with Crippen molar-refractivity contribution in [1.82, 2.24) is 10.6 Å². The van der Waals surface area contributed by atoms with Gasteiger partial charge in [0.25, 0.3) is 5.91 Å². The van der Waals surface area contributed by atoms with Crippen molar-refractivity contribution in [3.63, 3.8) is 0 Å². The number of nitrogens with one attached hydrogen (secondary N) is 2. The summed E-state index contributed by atoms with van der Waals surface area (Å²) in [5.74, 6) is -0.552. The Bertz CT molecular complexity index is 741. The summed E-state index contributed by atoms with van der Waals surface area (Å²) in [5, 5.41) is 14.6. The Balaban J connectivity index is 1.84. The van der Waals surface area contributed by atoms with Crippen LogP contribution in [0.3, 0.4) is 0 Å². The lowest BCUT2D eigenvalue weighted by molar-refractivity contribution is -0.120. The number of carbonyl (C=O) groups is 2. The zero-order valence-electron chi connectivity index (χ0n) is 13.9. The van der Waals surface area contributed by atoms with Crippen molar-refractivity contribution >= 4 is 11.8 Å².